The van der Waals surface area contributed by atoms with Crippen LogP contribution in [0.15, 0.2) is 54.4 Å². The molecule has 8 heteroatoms. The number of nitrogens with one attached hydrogen (secondary N) is 1. The summed E-state index contributed by atoms with van der Waals surface area (Å²) >= 11 is 12.1. The predicted octanol–water partition coefficient (Wildman–Crippen LogP) is 4.04. The molecule has 0 saturated heterocycles. The van der Waals surface area contributed by atoms with Crippen molar-refractivity contribution in [2.45, 2.75) is 13.5 Å². The second-order valence-electron chi connectivity index (χ2n) is 7.00. The molecule has 0 radical (unpaired) electrons. The van der Waals surface area contributed by atoms with Gasteiger partial charge >= 0.3 is 5.97 Å². The lowest BCUT2D eigenvalue weighted by Crippen LogP contribution is -2.31. The molecule has 1 amide bonds. The number of hydrogen-bond donors (Lipinski definition) is 1. The molecule has 0 aliphatic carbocycles. The minimum atomic E-state index is -0.825. The van der Waals surface area contributed by atoms with Gasteiger partial charge in [-0.05, 0) is 36.2 Å². The highest BCUT2D eigenvalue weighted by molar-refractivity contribution is 6.45. The van der Waals surface area contributed by atoms with Crippen LogP contribution >= 0.6 is 23.2 Å². The van der Waals surface area contributed by atoms with Gasteiger partial charge in [-0.2, -0.15) is 0 Å². The highest BCUT2D eigenvalue weighted by Gasteiger charge is 2.24. The molecular formula is C22H16Cl2N2O4. The van der Waals surface area contributed by atoms with Gasteiger partial charge in [0.1, 0.15) is 6.61 Å². The van der Waals surface area contributed by atoms with Crippen molar-refractivity contribution in [3.63, 3.8) is 0 Å². The Kier molecular flexibility index (Phi) is 5.37. The number of Topliss-reactive ketones (excluding diaryl/α,β-unsaturated/α-hetero) is 1. The summed E-state index contributed by atoms with van der Waals surface area (Å²) in [5.41, 5.74) is 3.27. The Morgan fingerprint density at radius 2 is 1.93 bits per heavy atom. The van der Waals surface area contributed by atoms with Crippen LogP contribution in [0.25, 0.3) is 10.9 Å². The van der Waals surface area contributed by atoms with E-state index in [0.717, 1.165) is 22.7 Å². The number of hydrogen-bond acceptors (Lipinski definition) is 4. The molecule has 4 rings (SSSR count). The number of cyclic esters (lactones) is 1. The van der Waals surface area contributed by atoms with E-state index in [4.69, 9.17) is 27.9 Å². The van der Waals surface area contributed by atoms with Crippen LogP contribution in [0.5, 0.6) is 0 Å². The first-order valence-electron chi connectivity index (χ1n) is 9.08. The van der Waals surface area contributed by atoms with Crippen molar-refractivity contribution in [3.8, 4) is 0 Å². The Morgan fingerprint density at radius 3 is 2.63 bits per heavy atom. The van der Waals surface area contributed by atoms with Crippen LogP contribution in [0.1, 0.15) is 21.5 Å². The minimum absolute atomic E-state index is 0.0594. The third-order valence-electron chi connectivity index (χ3n) is 4.76. The molecule has 3 aromatic rings. The summed E-state index contributed by atoms with van der Waals surface area (Å²) in [6, 6.07) is 11.0. The molecule has 6 nitrogen and oxygen atoms in total. The summed E-state index contributed by atoms with van der Waals surface area (Å²) in [6.45, 7) is 2.34. The summed E-state index contributed by atoms with van der Waals surface area (Å²) in [5, 5.41) is 4.01. The number of benzene rings is 2. The Balaban J connectivity index is 1.69. The van der Waals surface area contributed by atoms with Gasteiger partial charge in [0.2, 0.25) is 0 Å². The zero-order valence-corrected chi connectivity index (χ0v) is 17.4. The van der Waals surface area contributed by atoms with Gasteiger partial charge in [-0.25, -0.2) is 4.79 Å². The number of amides is 1. The number of carbonyl (C=O) groups is 3. The van der Waals surface area contributed by atoms with Gasteiger partial charge in [0.15, 0.2) is 0 Å². The predicted molar refractivity (Wildman–Crippen MR) is 114 cm³/mol. The number of ketones is 1. The van der Waals surface area contributed by atoms with Crippen molar-refractivity contribution in [2.75, 3.05) is 6.61 Å². The van der Waals surface area contributed by atoms with Crippen molar-refractivity contribution in [3.05, 3.63) is 81.1 Å². The molecule has 2 heterocycles. The number of aryl methyl sites for hydroxylation is 1. The van der Waals surface area contributed by atoms with Crippen molar-refractivity contribution >= 4 is 51.8 Å². The quantitative estimate of drug-likeness (QED) is 0.367. The number of carbonyl (C=O) groups excluding carboxylic acids is 3. The Morgan fingerprint density at radius 1 is 1.13 bits per heavy atom. The van der Waals surface area contributed by atoms with Crippen LogP contribution in [-0.4, -0.2) is 28.8 Å². The first-order chi connectivity index (χ1) is 14.3. The molecule has 0 atom stereocenters. The molecule has 1 aliphatic heterocycles. The smallest absolute Gasteiger partial charge is 0.333 e. The maximum absolute atomic E-state index is 12.9. The number of ether oxygens (including phenoxy) is 1. The van der Waals surface area contributed by atoms with Crippen LogP contribution in [0.3, 0.4) is 0 Å². The van der Waals surface area contributed by atoms with E-state index in [2.05, 4.69) is 5.32 Å². The highest BCUT2D eigenvalue weighted by Crippen LogP contribution is 2.27. The lowest BCUT2D eigenvalue weighted by atomic mass is 10.1. The molecule has 2 aromatic carbocycles. The first-order valence-corrected chi connectivity index (χ1v) is 9.84. The van der Waals surface area contributed by atoms with E-state index in [1.54, 1.807) is 18.3 Å². The van der Waals surface area contributed by atoms with Crippen LogP contribution in [0, 0.1) is 6.92 Å². The third-order valence-corrected chi connectivity index (χ3v) is 5.50. The second-order valence-corrected chi connectivity index (χ2v) is 7.81. The van der Waals surface area contributed by atoms with Crippen molar-refractivity contribution in [1.82, 2.24) is 9.88 Å². The van der Waals surface area contributed by atoms with E-state index >= 15 is 0 Å². The van der Waals surface area contributed by atoms with Crippen molar-refractivity contribution in [2.24, 2.45) is 0 Å². The number of halogens is 2. The van der Waals surface area contributed by atoms with E-state index in [-0.39, 0.29) is 17.9 Å². The molecule has 30 heavy (non-hydrogen) atoms. The Bertz CT molecular complexity index is 1240. The zero-order chi connectivity index (χ0) is 21.4. The summed E-state index contributed by atoms with van der Waals surface area (Å²) in [6.07, 6.45) is 2.81. The second kappa shape index (κ2) is 7.97. The maximum Gasteiger partial charge on any atom is 0.333 e. The average Bonchev–Trinajstić information content (AvgIpc) is 3.27. The van der Waals surface area contributed by atoms with E-state index in [0.29, 0.717) is 22.0 Å². The number of fused-ring (bicyclic) bond motifs is 1. The minimum Gasteiger partial charge on any atom is -0.456 e. The molecule has 0 spiro atoms. The zero-order valence-electron chi connectivity index (χ0n) is 15.9. The summed E-state index contributed by atoms with van der Waals surface area (Å²) in [5.74, 6) is -2.07. The van der Waals surface area contributed by atoms with E-state index < -0.39 is 17.7 Å². The first kappa shape index (κ1) is 20.2. The lowest BCUT2D eigenvalue weighted by molar-refractivity contribution is -0.135. The van der Waals surface area contributed by atoms with Crippen molar-refractivity contribution in [1.29, 1.82) is 0 Å². The molecule has 152 valence electrons. The average molecular weight is 443 g/mol. The molecular weight excluding hydrogens is 427 g/mol. The number of esters is 1. The largest absolute Gasteiger partial charge is 0.456 e. The van der Waals surface area contributed by atoms with Gasteiger partial charge in [-0.15, -0.1) is 0 Å². The van der Waals surface area contributed by atoms with Gasteiger partial charge in [0.05, 0.1) is 21.3 Å². The molecule has 1 N–H and O–H groups in total. The fourth-order valence-corrected chi connectivity index (χ4v) is 3.64. The maximum atomic E-state index is 12.9. The highest BCUT2D eigenvalue weighted by atomic mass is 35.5. The van der Waals surface area contributed by atoms with Gasteiger partial charge < -0.3 is 14.6 Å². The molecule has 0 saturated carbocycles. The monoisotopic (exact) mass is 442 g/mol. The van der Waals surface area contributed by atoms with Gasteiger partial charge in [0, 0.05) is 29.7 Å². The summed E-state index contributed by atoms with van der Waals surface area (Å²) < 4.78 is 6.63. The molecule has 0 bridgehead atoms. The Labute approximate surface area is 182 Å². The molecule has 0 unspecified atom stereocenters. The van der Waals surface area contributed by atoms with Crippen molar-refractivity contribution < 1.29 is 19.1 Å². The molecule has 1 aliphatic rings. The number of rotatable bonds is 5. The van der Waals surface area contributed by atoms with Crippen LogP contribution in [0.2, 0.25) is 10.0 Å². The van der Waals surface area contributed by atoms with Gasteiger partial charge in [0.25, 0.3) is 11.7 Å². The fourth-order valence-electron chi connectivity index (χ4n) is 3.32. The third kappa shape index (κ3) is 3.97. The Hall–Kier alpha value is -3.09. The van der Waals surface area contributed by atoms with E-state index in [9.17, 15) is 14.4 Å². The van der Waals surface area contributed by atoms with Gasteiger partial charge in [-0.3, -0.25) is 9.59 Å². The van der Waals surface area contributed by atoms with Gasteiger partial charge in [-0.1, -0.05) is 41.4 Å². The standard InChI is InChI=1S/C22H16Cl2N2O4/c1-12-2-4-15-16(21(28)22(29)25-14-8-20(27)30-11-14)10-26(19(15)6-12)9-13-3-5-17(23)18(24)7-13/h2-8,10H,9,11H2,1H3,(H,25,29). The lowest BCUT2D eigenvalue weighted by Gasteiger charge is -2.07. The summed E-state index contributed by atoms with van der Waals surface area (Å²) in [4.78, 5) is 36.5. The topological polar surface area (TPSA) is 77.4 Å². The normalized spacial score (nSPS) is 13.3. The van der Waals surface area contributed by atoms with E-state index in [1.165, 1.54) is 0 Å². The van der Waals surface area contributed by atoms with E-state index in [1.807, 2.05) is 35.8 Å². The number of aromatic nitrogens is 1. The number of nitrogens with zero attached hydrogens (tertiary/aromatic N) is 1. The fraction of sp³-hybridized carbons (Fsp3) is 0.136. The van der Waals surface area contributed by atoms with Crippen LogP contribution < -0.4 is 5.32 Å². The molecule has 1 aromatic heterocycles. The molecule has 0 fully saturated rings. The SMILES string of the molecule is Cc1ccc2c(C(=O)C(=O)NC3=CC(=O)OC3)cn(Cc3ccc(Cl)c(Cl)c3)c2c1. The summed E-state index contributed by atoms with van der Waals surface area (Å²) in [7, 11) is 0. The van der Waals surface area contributed by atoms with Crippen LogP contribution in [-0.2, 0) is 20.9 Å². The van der Waals surface area contributed by atoms with Crippen LogP contribution in [0.4, 0.5) is 0 Å².